The molecule has 0 atom stereocenters. The molecule has 0 saturated carbocycles. The van der Waals surface area contributed by atoms with Crippen LogP contribution in [0.4, 0.5) is 16.2 Å². The molecule has 0 spiro atoms. The maximum absolute atomic E-state index is 11.9. The van der Waals surface area contributed by atoms with Gasteiger partial charge in [0.2, 0.25) is 0 Å². The predicted octanol–water partition coefficient (Wildman–Crippen LogP) is 4.71. The average Bonchev–Trinajstić information content (AvgIpc) is 2.33. The van der Waals surface area contributed by atoms with E-state index in [2.05, 4.69) is 26.6 Å². The maximum atomic E-state index is 11.9. The molecular weight excluding hydrogens is 304 g/mol. The molecular formula is C15H15BrN2O. The van der Waals surface area contributed by atoms with Crippen LogP contribution in [0.25, 0.3) is 0 Å². The quantitative estimate of drug-likeness (QED) is 0.827. The number of hydrogen-bond acceptors (Lipinski definition) is 1. The van der Waals surface area contributed by atoms with Crippen molar-refractivity contribution < 1.29 is 4.79 Å². The fraction of sp³-hybridized carbons (Fsp3) is 0.133. The largest absolute Gasteiger partial charge is 0.323 e. The fourth-order valence-corrected chi connectivity index (χ4v) is 2.25. The molecule has 0 aliphatic carbocycles. The molecule has 0 unspecified atom stereocenters. The number of benzene rings is 2. The van der Waals surface area contributed by atoms with Crippen molar-refractivity contribution in [2.24, 2.45) is 0 Å². The second kappa shape index (κ2) is 5.89. The molecule has 0 aromatic heterocycles. The third kappa shape index (κ3) is 3.83. The number of hydrogen-bond donors (Lipinski definition) is 2. The minimum Gasteiger partial charge on any atom is -0.308 e. The molecule has 2 rings (SSSR count). The van der Waals surface area contributed by atoms with Crippen LogP contribution in [-0.4, -0.2) is 6.03 Å². The number of amides is 2. The molecule has 3 nitrogen and oxygen atoms in total. The minimum absolute atomic E-state index is 0.240. The first-order valence-electron chi connectivity index (χ1n) is 5.95. The highest BCUT2D eigenvalue weighted by Gasteiger charge is 2.05. The molecule has 0 aliphatic rings. The van der Waals surface area contributed by atoms with E-state index in [9.17, 15) is 4.79 Å². The van der Waals surface area contributed by atoms with Crippen LogP contribution in [0.2, 0.25) is 0 Å². The third-order valence-electron chi connectivity index (χ3n) is 2.71. The van der Waals surface area contributed by atoms with E-state index in [0.29, 0.717) is 0 Å². The second-order valence-corrected chi connectivity index (χ2v) is 5.32. The summed E-state index contributed by atoms with van der Waals surface area (Å²) in [5.41, 5.74) is 3.70. The minimum atomic E-state index is -0.240. The molecule has 0 saturated heterocycles. The monoisotopic (exact) mass is 318 g/mol. The van der Waals surface area contributed by atoms with Crippen molar-refractivity contribution in [3.63, 3.8) is 0 Å². The smallest absolute Gasteiger partial charge is 0.308 e. The normalized spacial score (nSPS) is 10.1. The standard InChI is InChI=1S/C15H15BrN2O/c1-10-4-3-5-13(8-10)17-15(19)18-14-7-6-12(16)9-11(14)2/h3-9H,1-2H3,(H2,17,18,19). The third-order valence-corrected chi connectivity index (χ3v) is 3.21. The van der Waals surface area contributed by atoms with Crippen molar-refractivity contribution in [3.05, 3.63) is 58.1 Å². The summed E-state index contributed by atoms with van der Waals surface area (Å²) in [7, 11) is 0. The van der Waals surface area contributed by atoms with Crippen LogP contribution in [-0.2, 0) is 0 Å². The fourth-order valence-electron chi connectivity index (χ4n) is 1.77. The summed E-state index contributed by atoms with van der Waals surface area (Å²) >= 11 is 3.40. The number of halogens is 1. The number of anilines is 2. The number of carbonyl (C=O) groups excluding carboxylic acids is 1. The van der Waals surface area contributed by atoms with Gasteiger partial charge in [-0.15, -0.1) is 0 Å². The van der Waals surface area contributed by atoms with Gasteiger partial charge in [-0.3, -0.25) is 0 Å². The molecule has 0 heterocycles. The Morgan fingerprint density at radius 2 is 1.84 bits per heavy atom. The first kappa shape index (κ1) is 13.6. The van der Waals surface area contributed by atoms with Gasteiger partial charge in [0.15, 0.2) is 0 Å². The zero-order chi connectivity index (χ0) is 13.8. The summed E-state index contributed by atoms with van der Waals surface area (Å²) in [6.45, 7) is 3.94. The van der Waals surface area contributed by atoms with Crippen LogP contribution < -0.4 is 10.6 Å². The zero-order valence-corrected chi connectivity index (χ0v) is 12.4. The van der Waals surface area contributed by atoms with E-state index >= 15 is 0 Å². The molecule has 2 aromatic carbocycles. The van der Waals surface area contributed by atoms with E-state index in [-0.39, 0.29) is 6.03 Å². The van der Waals surface area contributed by atoms with Gasteiger partial charge in [0.05, 0.1) is 0 Å². The highest BCUT2D eigenvalue weighted by molar-refractivity contribution is 9.10. The van der Waals surface area contributed by atoms with Crippen LogP contribution in [0.5, 0.6) is 0 Å². The van der Waals surface area contributed by atoms with Crippen LogP contribution in [0.15, 0.2) is 46.9 Å². The van der Waals surface area contributed by atoms with E-state index in [4.69, 9.17) is 0 Å². The summed E-state index contributed by atoms with van der Waals surface area (Å²) in [6, 6.07) is 13.2. The van der Waals surface area contributed by atoms with Crippen molar-refractivity contribution in [2.45, 2.75) is 13.8 Å². The van der Waals surface area contributed by atoms with Crippen LogP contribution in [0.1, 0.15) is 11.1 Å². The molecule has 98 valence electrons. The SMILES string of the molecule is Cc1cccc(NC(=O)Nc2ccc(Br)cc2C)c1. The number of nitrogens with one attached hydrogen (secondary N) is 2. The molecule has 0 radical (unpaired) electrons. The number of rotatable bonds is 2. The van der Waals surface area contributed by atoms with Gasteiger partial charge in [-0.05, 0) is 55.3 Å². The van der Waals surface area contributed by atoms with E-state index in [0.717, 1.165) is 27.0 Å². The van der Waals surface area contributed by atoms with Crippen molar-refractivity contribution >= 4 is 33.3 Å². The summed E-state index contributed by atoms with van der Waals surface area (Å²) < 4.78 is 0.995. The van der Waals surface area contributed by atoms with Gasteiger partial charge >= 0.3 is 6.03 Å². The first-order valence-corrected chi connectivity index (χ1v) is 6.75. The number of urea groups is 1. The van der Waals surface area contributed by atoms with E-state index in [1.54, 1.807) is 0 Å². The van der Waals surface area contributed by atoms with E-state index < -0.39 is 0 Å². The van der Waals surface area contributed by atoms with Gasteiger partial charge < -0.3 is 10.6 Å². The average molecular weight is 319 g/mol. The van der Waals surface area contributed by atoms with Gasteiger partial charge in [0.25, 0.3) is 0 Å². The lowest BCUT2D eigenvalue weighted by Crippen LogP contribution is -2.19. The van der Waals surface area contributed by atoms with Crippen LogP contribution in [0, 0.1) is 13.8 Å². The van der Waals surface area contributed by atoms with Gasteiger partial charge in [-0.2, -0.15) is 0 Å². The first-order chi connectivity index (χ1) is 9.04. The summed E-state index contributed by atoms with van der Waals surface area (Å²) in [5.74, 6) is 0. The van der Waals surface area contributed by atoms with Crippen LogP contribution in [0.3, 0.4) is 0 Å². The molecule has 0 bridgehead atoms. The molecule has 0 fully saturated rings. The van der Waals surface area contributed by atoms with Crippen molar-refractivity contribution in [2.75, 3.05) is 10.6 Å². The predicted molar refractivity (Wildman–Crippen MR) is 82.7 cm³/mol. The molecule has 2 N–H and O–H groups in total. The summed E-state index contributed by atoms with van der Waals surface area (Å²) in [5, 5.41) is 5.65. The molecule has 0 aliphatic heterocycles. The van der Waals surface area contributed by atoms with Crippen molar-refractivity contribution in [1.82, 2.24) is 0 Å². The molecule has 2 amide bonds. The maximum Gasteiger partial charge on any atom is 0.323 e. The number of aryl methyl sites for hydroxylation is 2. The molecule has 4 heteroatoms. The Morgan fingerprint density at radius 1 is 1.05 bits per heavy atom. The Labute approximate surface area is 121 Å². The Balaban J connectivity index is 2.05. The second-order valence-electron chi connectivity index (χ2n) is 4.41. The Hall–Kier alpha value is -1.81. The molecule has 2 aromatic rings. The molecule has 19 heavy (non-hydrogen) atoms. The van der Waals surface area contributed by atoms with E-state index in [1.807, 2.05) is 56.3 Å². The Morgan fingerprint density at radius 3 is 2.53 bits per heavy atom. The Bertz CT molecular complexity index is 611. The van der Waals surface area contributed by atoms with Gasteiger partial charge in [-0.25, -0.2) is 4.79 Å². The van der Waals surface area contributed by atoms with Crippen molar-refractivity contribution in [3.8, 4) is 0 Å². The highest BCUT2D eigenvalue weighted by atomic mass is 79.9. The highest BCUT2D eigenvalue weighted by Crippen LogP contribution is 2.20. The van der Waals surface area contributed by atoms with Crippen molar-refractivity contribution in [1.29, 1.82) is 0 Å². The lowest BCUT2D eigenvalue weighted by atomic mass is 10.2. The topological polar surface area (TPSA) is 41.1 Å². The Kier molecular flexibility index (Phi) is 4.22. The van der Waals surface area contributed by atoms with E-state index in [1.165, 1.54) is 0 Å². The van der Waals surface area contributed by atoms with Gasteiger partial charge in [0.1, 0.15) is 0 Å². The van der Waals surface area contributed by atoms with Gasteiger partial charge in [0, 0.05) is 15.8 Å². The lowest BCUT2D eigenvalue weighted by molar-refractivity contribution is 0.262. The summed E-state index contributed by atoms with van der Waals surface area (Å²) in [4.78, 5) is 11.9. The summed E-state index contributed by atoms with van der Waals surface area (Å²) in [6.07, 6.45) is 0. The van der Waals surface area contributed by atoms with Crippen LogP contribution >= 0.6 is 15.9 Å². The lowest BCUT2D eigenvalue weighted by Gasteiger charge is -2.10. The van der Waals surface area contributed by atoms with Gasteiger partial charge in [-0.1, -0.05) is 28.1 Å². The zero-order valence-electron chi connectivity index (χ0n) is 10.8. The number of carbonyl (C=O) groups is 1.